The van der Waals surface area contributed by atoms with Crippen molar-refractivity contribution in [1.82, 2.24) is 14.9 Å². The van der Waals surface area contributed by atoms with E-state index in [2.05, 4.69) is 16.6 Å². The summed E-state index contributed by atoms with van der Waals surface area (Å²) in [5.41, 5.74) is -0.623. The van der Waals surface area contributed by atoms with Gasteiger partial charge in [-0.2, -0.15) is 0 Å². The van der Waals surface area contributed by atoms with Crippen LogP contribution in [0.5, 0.6) is 0 Å². The summed E-state index contributed by atoms with van der Waals surface area (Å²) in [6.45, 7) is 3.51. The Morgan fingerprint density at radius 2 is 1.86 bits per heavy atom. The molecule has 1 aliphatic carbocycles. The Hall–Kier alpha value is -1.41. The van der Waals surface area contributed by atoms with Crippen LogP contribution >= 0.6 is 0 Å². The fourth-order valence-electron chi connectivity index (χ4n) is 2.71. The molecule has 0 aromatic rings. The predicted octanol–water partition coefficient (Wildman–Crippen LogP) is -0.000900. The van der Waals surface area contributed by atoms with Crippen molar-refractivity contribution in [3.63, 3.8) is 0 Å². The lowest BCUT2D eigenvalue weighted by Crippen LogP contribution is -2.57. The minimum Gasteiger partial charge on any atom is -0.353 e. The molecular formula is C14H25N3O4S. The number of carbonyl (C=O) groups excluding carboxylic acids is 2. The number of likely N-dealkylation sites (N-methyl/N-ethyl adjacent to an activating group) is 1. The zero-order valence-corrected chi connectivity index (χ0v) is 14.0. The summed E-state index contributed by atoms with van der Waals surface area (Å²) in [5, 5.41) is 2.73. The number of carbonyl (C=O) groups is 2. The van der Waals surface area contributed by atoms with Crippen LogP contribution in [0.3, 0.4) is 0 Å². The topological polar surface area (TPSA) is 95.6 Å². The first-order valence-electron chi connectivity index (χ1n) is 7.31. The number of nitrogens with one attached hydrogen (secondary N) is 2. The largest absolute Gasteiger partial charge is 0.353 e. The van der Waals surface area contributed by atoms with E-state index in [1.54, 1.807) is 0 Å². The number of hydrogen-bond donors (Lipinski definition) is 2. The van der Waals surface area contributed by atoms with E-state index in [0.717, 1.165) is 31.6 Å². The zero-order valence-electron chi connectivity index (χ0n) is 13.2. The average molecular weight is 331 g/mol. The Morgan fingerprint density at radius 3 is 2.36 bits per heavy atom. The van der Waals surface area contributed by atoms with E-state index in [-0.39, 0.29) is 24.9 Å². The Morgan fingerprint density at radius 1 is 1.27 bits per heavy atom. The minimum atomic E-state index is -3.35. The molecule has 1 saturated carbocycles. The molecule has 1 rings (SSSR count). The van der Waals surface area contributed by atoms with E-state index >= 15 is 0 Å². The monoisotopic (exact) mass is 331 g/mol. The van der Waals surface area contributed by atoms with Gasteiger partial charge in [0.1, 0.15) is 0 Å². The Bertz CT molecular complexity index is 524. The molecule has 8 heteroatoms. The number of nitrogens with zero attached hydrogens (tertiary/aromatic N) is 1. The van der Waals surface area contributed by atoms with Crippen LogP contribution in [0.15, 0.2) is 12.7 Å². The first-order valence-corrected chi connectivity index (χ1v) is 9.20. The maximum absolute atomic E-state index is 11.9. The van der Waals surface area contributed by atoms with Crippen LogP contribution in [-0.2, 0) is 19.6 Å². The fourth-order valence-corrected chi connectivity index (χ4v) is 3.77. The Labute approximate surface area is 132 Å². The zero-order chi connectivity index (χ0) is 16.8. The van der Waals surface area contributed by atoms with Crippen LogP contribution in [0.4, 0.5) is 0 Å². The van der Waals surface area contributed by atoms with Gasteiger partial charge in [0.25, 0.3) is 0 Å². The van der Waals surface area contributed by atoms with E-state index in [4.69, 9.17) is 0 Å². The number of amides is 2. The summed E-state index contributed by atoms with van der Waals surface area (Å²) in [6.07, 6.45) is 6.57. The molecule has 0 aromatic heterocycles. The fraction of sp³-hybridized carbons (Fsp3) is 0.714. The van der Waals surface area contributed by atoms with Crippen molar-refractivity contribution in [3.05, 3.63) is 12.7 Å². The maximum atomic E-state index is 11.9. The third kappa shape index (κ3) is 6.15. The predicted molar refractivity (Wildman–Crippen MR) is 84.6 cm³/mol. The minimum absolute atomic E-state index is 0.0835. The van der Waals surface area contributed by atoms with Crippen molar-refractivity contribution in [2.75, 3.05) is 26.4 Å². The summed E-state index contributed by atoms with van der Waals surface area (Å²) in [6, 6.07) is 0. The van der Waals surface area contributed by atoms with Crippen LogP contribution < -0.4 is 10.0 Å². The summed E-state index contributed by atoms with van der Waals surface area (Å²) in [7, 11) is -1.84. The van der Waals surface area contributed by atoms with Crippen LogP contribution in [0.2, 0.25) is 0 Å². The lowest BCUT2D eigenvalue weighted by Gasteiger charge is -2.37. The van der Waals surface area contributed by atoms with Gasteiger partial charge in [0.15, 0.2) is 0 Å². The SMILES string of the molecule is C=CC(=O)N(C)CC(=O)NCC1(NS(C)(=O)=O)CCCCC1. The molecule has 0 unspecified atom stereocenters. The molecule has 0 atom stereocenters. The first-order chi connectivity index (χ1) is 10.2. The Kier molecular flexibility index (Phi) is 6.55. The van der Waals surface area contributed by atoms with Crippen LogP contribution in [0, 0.1) is 0 Å². The summed E-state index contributed by atoms with van der Waals surface area (Å²) < 4.78 is 25.8. The van der Waals surface area contributed by atoms with Crippen molar-refractivity contribution in [1.29, 1.82) is 0 Å². The van der Waals surface area contributed by atoms with Gasteiger partial charge in [0.2, 0.25) is 21.8 Å². The van der Waals surface area contributed by atoms with E-state index in [0.29, 0.717) is 12.8 Å². The van der Waals surface area contributed by atoms with Crippen molar-refractivity contribution in [3.8, 4) is 0 Å². The third-order valence-electron chi connectivity index (χ3n) is 3.77. The molecule has 7 nitrogen and oxygen atoms in total. The molecule has 0 bridgehead atoms. The van der Waals surface area contributed by atoms with Crippen molar-refractivity contribution < 1.29 is 18.0 Å². The van der Waals surface area contributed by atoms with Gasteiger partial charge in [-0.05, 0) is 18.9 Å². The standard InChI is InChI=1S/C14H25N3O4S/c1-4-13(19)17(2)10-12(18)15-11-14(16-22(3,20)21)8-6-5-7-9-14/h4,16H,1,5-11H2,2-3H3,(H,15,18). The second-order valence-corrected chi connectivity index (χ2v) is 7.64. The third-order valence-corrected chi connectivity index (χ3v) is 4.57. The van der Waals surface area contributed by atoms with Gasteiger partial charge in [-0.15, -0.1) is 0 Å². The van der Waals surface area contributed by atoms with Gasteiger partial charge in [-0.1, -0.05) is 25.8 Å². The van der Waals surface area contributed by atoms with Crippen LogP contribution in [0.1, 0.15) is 32.1 Å². The Balaban J connectivity index is 2.62. The molecule has 1 fully saturated rings. The highest BCUT2D eigenvalue weighted by Gasteiger charge is 2.35. The second-order valence-electron chi connectivity index (χ2n) is 5.89. The molecule has 1 aliphatic rings. The van der Waals surface area contributed by atoms with Crippen molar-refractivity contribution in [2.24, 2.45) is 0 Å². The van der Waals surface area contributed by atoms with Gasteiger partial charge in [0, 0.05) is 13.6 Å². The molecular weight excluding hydrogens is 306 g/mol. The van der Waals surface area contributed by atoms with Crippen molar-refractivity contribution in [2.45, 2.75) is 37.6 Å². The smallest absolute Gasteiger partial charge is 0.246 e. The molecule has 0 radical (unpaired) electrons. The van der Waals surface area contributed by atoms with E-state index < -0.39 is 15.6 Å². The normalized spacial score (nSPS) is 17.5. The highest BCUT2D eigenvalue weighted by atomic mass is 32.2. The molecule has 0 aliphatic heterocycles. The molecule has 0 heterocycles. The highest BCUT2D eigenvalue weighted by molar-refractivity contribution is 7.88. The molecule has 0 aromatic carbocycles. The number of hydrogen-bond acceptors (Lipinski definition) is 4. The van der Waals surface area contributed by atoms with Crippen molar-refractivity contribution >= 4 is 21.8 Å². The van der Waals surface area contributed by atoms with E-state index in [1.165, 1.54) is 11.9 Å². The molecule has 126 valence electrons. The molecule has 2 N–H and O–H groups in total. The summed E-state index contributed by atoms with van der Waals surface area (Å²) >= 11 is 0. The lowest BCUT2D eigenvalue weighted by atomic mass is 9.82. The average Bonchev–Trinajstić information content (AvgIpc) is 2.43. The quantitative estimate of drug-likeness (QED) is 0.642. The summed E-state index contributed by atoms with van der Waals surface area (Å²) in [4.78, 5) is 24.5. The summed E-state index contributed by atoms with van der Waals surface area (Å²) in [5.74, 6) is -0.658. The molecule has 22 heavy (non-hydrogen) atoms. The number of rotatable bonds is 7. The molecule has 2 amide bonds. The maximum Gasteiger partial charge on any atom is 0.246 e. The van der Waals surface area contributed by atoms with Gasteiger partial charge in [-0.3, -0.25) is 9.59 Å². The van der Waals surface area contributed by atoms with E-state index in [1.807, 2.05) is 0 Å². The number of sulfonamides is 1. The highest BCUT2D eigenvalue weighted by Crippen LogP contribution is 2.28. The van der Waals surface area contributed by atoms with Crippen LogP contribution in [0.25, 0.3) is 0 Å². The molecule has 0 saturated heterocycles. The van der Waals surface area contributed by atoms with Gasteiger partial charge < -0.3 is 10.2 Å². The van der Waals surface area contributed by atoms with E-state index in [9.17, 15) is 18.0 Å². The molecule has 0 spiro atoms. The van der Waals surface area contributed by atoms with Gasteiger partial charge in [-0.25, -0.2) is 13.1 Å². The van der Waals surface area contributed by atoms with Crippen LogP contribution in [-0.4, -0.2) is 57.1 Å². The second kappa shape index (κ2) is 7.73. The van der Waals surface area contributed by atoms with Gasteiger partial charge in [0.05, 0.1) is 18.3 Å². The first kappa shape index (κ1) is 18.6. The van der Waals surface area contributed by atoms with Gasteiger partial charge >= 0.3 is 0 Å². The lowest BCUT2D eigenvalue weighted by molar-refractivity contribution is -0.131.